The maximum absolute atomic E-state index is 11.5. The predicted octanol–water partition coefficient (Wildman–Crippen LogP) is 1.69. The van der Waals surface area contributed by atoms with E-state index in [0.717, 1.165) is 12.8 Å². The fourth-order valence-corrected chi connectivity index (χ4v) is 1.07. The number of carbonyl (C=O) groups excluding carboxylic acids is 1. The van der Waals surface area contributed by atoms with E-state index in [1.165, 1.54) is 6.08 Å². The Hall–Kier alpha value is -2.15. The number of hydrazone groups is 1. The van der Waals surface area contributed by atoms with Crippen molar-refractivity contribution in [3.8, 4) is 6.07 Å². The van der Waals surface area contributed by atoms with E-state index in [1.807, 2.05) is 0 Å². The van der Waals surface area contributed by atoms with Crippen LogP contribution in [0.15, 0.2) is 42.2 Å². The van der Waals surface area contributed by atoms with Gasteiger partial charge in [-0.1, -0.05) is 19.2 Å². The van der Waals surface area contributed by atoms with E-state index in [0.29, 0.717) is 5.70 Å². The second-order valence-electron chi connectivity index (χ2n) is 3.38. The van der Waals surface area contributed by atoms with Gasteiger partial charge in [0.15, 0.2) is 5.78 Å². The highest BCUT2D eigenvalue weighted by Gasteiger charge is 2.32. The first kappa shape index (κ1) is 11.9. The molecule has 1 aliphatic carbocycles. The summed E-state index contributed by atoms with van der Waals surface area (Å²) in [6.45, 7) is 7.08. The zero-order chi connectivity index (χ0) is 12.0. The molecule has 16 heavy (non-hydrogen) atoms. The average molecular weight is 215 g/mol. The number of ketones is 1. The standard InChI is InChI=1S/C12H13N3O/c1-3-5-10(4-2)14-15-11(8-13)12(16)9-6-7-9/h3-5,9,14H,1-2,6-7H2/b10-5+,15-11-. The summed E-state index contributed by atoms with van der Waals surface area (Å²) in [5.41, 5.74) is 3.11. The Morgan fingerprint density at radius 3 is 2.62 bits per heavy atom. The van der Waals surface area contributed by atoms with Crippen LogP contribution in [0.1, 0.15) is 12.8 Å². The molecule has 1 aliphatic rings. The minimum atomic E-state index is -0.183. The third kappa shape index (κ3) is 3.21. The summed E-state index contributed by atoms with van der Waals surface area (Å²) in [7, 11) is 0. The summed E-state index contributed by atoms with van der Waals surface area (Å²) < 4.78 is 0. The molecular formula is C12H13N3O. The Bertz CT molecular complexity index is 408. The molecule has 0 radical (unpaired) electrons. The van der Waals surface area contributed by atoms with Crippen molar-refractivity contribution in [1.82, 2.24) is 5.43 Å². The number of carbonyl (C=O) groups is 1. The number of nitrogens with one attached hydrogen (secondary N) is 1. The molecule has 4 nitrogen and oxygen atoms in total. The lowest BCUT2D eigenvalue weighted by molar-refractivity contribution is -0.113. The average Bonchev–Trinajstić information content (AvgIpc) is 3.11. The van der Waals surface area contributed by atoms with Crippen LogP contribution in [0.25, 0.3) is 0 Å². The maximum Gasteiger partial charge on any atom is 0.203 e. The van der Waals surface area contributed by atoms with Crippen LogP contribution in [0.4, 0.5) is 0 Å². The van der Waals surface area contributed by atoms with Crippen molar-refractivity contribution in [2.24, 2.45) is 11.0 Å². The van der Waals surface area contributed by atoms with Gasteiger partial charge < -0.3 is 0 Å². The van der Waals surface area contributed by atoms with Gasteiger partial charge in [0.25, 0.3) is 0 Å². The van der Waals surface area contributed by atoms with Gasteiger partial charge in [0, 0.05) is 5.92 Å². The van der Waals surface area contributed by atoms with Crippen molar-refractivity contribution >= 4 is 11.5 Å². The molecule has 1 saturated carbocycles. The third-order valence-electron chi connectivity index (χ3n) is 2.10. The van der Waals surface area contributed by atoms with E-state index < -0.39 is 0 Å². The van der Waals surface area contributed by atoms with E-state index >= 15 is 0 Å². The molecular weight excluding hydrogens is 202 g/mol. The van der Waals surface area contributed by atoms with E-state index in [9.17, 15) is 4.79 Å². The minimum absolute atomic E-state index is 0.00392. The first-order valence-electron chi connectivity index (χ1n) is 4.96. The molecule has 82 valence electrons. The maximum atomic E-state index is 11.5. The van der Waals surface area contributed by atoms with Gasteiger partial charge in [0.05, 0.1) is 5.70 Å². The number of allylic oxidation sites excluding steroid dienone is 3. The van der Waals surface area contributed by atoms with Crippen LogP contribution in [0.2, 0.25) is 0 Å². The Balaban J connectivity index is 2.69. The monoisotopic (exact) mass is 215 g/mol. The zero-order valence-electron chi connectivity index (χ0n) is 8.94. The molecule has 0 aromatic carbocycles. The normalized spacial score (nSPS) is 16.2. The summed E-state index contributed by atoms with van der Waals surface area (Å²) in [6.07, 6.45) is 6.45. The molecule has 0 aromatic heterocycles. The fourth-order valence-electron chi connectivity index (χ4n) is 1.07. The van der Waals surface area contributed by atoms with Gasteiger partial charge >= 0.3 is 0 Å². The van der Waals surface area contributed by atoms with Gasteiger partial charge in [-0.2, -0.15) is 10.4 Å². The van der Waals surface area contributed by atoms with Crippen LogP contribution in [-0.4, -0.2) is 11.5 Å². The quantitative estimate of drug-likeness (QED) is 0.416. The predicted molar refractivity (Wildman–Crippen MR) is 62.4 cm³/mol. The first-order chi connectivity index (χ1) is 7.72. The second kappa shape index (κ2) is 5.66. The Morgan fingerprint density at radius 1 is 1.50 bits per heavy atom. The number of hydrogen-bond donors (Lipinski definition) is 1. The molecule has 4 heteroatoms. The molecule has 0 amide bonds. The van der Waals surface area contributed by atoms with Gasteiger partial charge in [-0.25, -0.2) is 0 Å². The SMILES string of the molecule is C=C/C=C(\C=C)N/N=C(/C#N)C(=O)C1CC1. The lowest BCUT2D eigenvalue weighted by atomic mass is 10.2. The number of nitrogens with zero attached hydrogens (tertiary/aromatic N) is 2. The van der Waals surface area contributed by atoms with Crippen molar-refractivity contribution in [3.63, 3.8) is 0 Å². The lowest BCUT2D eigenvalue weighted by Crippen LogP contribution is -2.18. The molecule has 0 bridgehead atoms. The molecule has 0 aromatic rings. The Labute approximate surface area is 94.6 Å². The van der Waals surface area contributed by atoms with Crippen LogP contribution in [0.5, 0.6) is 0 Å². The van der Waals surface area contributed by atoms with Gasteiger partial charge in [0.1, 0.15) is 6.07 Å². The molecule has 0 spiro atoms. The van der Waals surface area contributed by atoms with Crippen LogP contribution in [0.3, 0.4) is 0 Å². The first-order valence-corrected chi connectivity index (χ1v) is 4.96. The van der Waals surface area contributed by atoms with Crippen molar-refractivity contribution in [3.05, 3.63) is 37.1 Å². The van der Waals surface area contributed by atoms with Gasteiger partial charge in [-0.15, -0.1) is 0 Å². The van der Waals surface area contributed by atoms with Crippen LogP contribution in [0, 0.1) is 17.2 Å². The molecule has 1 fully saturated rings. The lowest BCUT2D eigenvalue weighted by Gasteiger charge is -2.00. The highest BCUT2D eigenvalue weighted by Crippen LogP contribution is 2.30. The molecule has 0 aliphatic heterocycles. The van der Waals surface area contributed by atoms with Crippen molar-refractivity contribution < 1.29 is 4.79 Å². The highest BCUT2D eigenvalue weighted by atomic mass is 16.1. The van der Waals surface area contributed by atoms with E-state index in [2.05, 4.69) is 23.7 Å². The largest absolute Gasteiger partial charge is 0.291 e. The van der Waals surface area contributed by atoms with Crippen LogP contribution >= 0.6 is 0 Å². The number of nitriles is 1. The molecule has 0 heterocycles. The topological polar surface area (TPSA) is 65.2 Å². The van der Waals surface area contributed by atoms with E-state index in [1.54, 1.807) is 18.2 Å². The molecule has 1 rings (SSSR count). The summed E-state index contributed by atoms with van der Waals surface area (Å²) >= 11 is 0. The van der Waals surface area contributed by atoms with Crippen LogP contribution in [-0.2, 0) is 4.79 Å². The fraction of sp³-hybridized carbons (Fsp3) is 0.250. The minimum Gasteiger partial charge on any atom is -0.291 e. The summed E-state index contributed by atoms with van der Waals surface area (Å²) in [5.74, 6) is -0.187. The smallest absolute Gasteiger partial charge is 0.203 e. The second-order valence-corrected chi connectivity index (χ2v) is 3.38. The van der Waals surface area contributed by atoms with E-state index in [4.69, 9.17) is 5.26 Å². The Morgan fingerprint density at radius 2 is 2.19 bits per heavy atom. The number of hydrogen-bond acceptors (Lipinski definition) is 4. The number of rotatable bonds is 6. The summed E-state index contributed by atoms with van der Waals surface area (Å²) in [6, 6.07) is 1.80. The number of Topliss-reactive ketones (excluding diaryl/α,β-unsaturated/α-hetero) is 1. The third-order valence-corrected chi connectivity index (χ3v) is 2.10. The van der Waals surface area contributed by atoms with Crippen LogP contribution < -0.4 is 5.43 Å². The van der Waals surface area contributed by atoms with Gasteiger partial charge in [0.2, 0.25) is 5.71 Å². The van der Waals surface area contributed by atoms with Gasteiger partial charge in [-0.05, 0) is 25.0 Å². The van der Waals surface area contributed by atoms with Crippen molar-refractivity contribution in [1.29, 1.82) is 5.26 Å². The van der Waals surface area contributed by atoms with Gasteiger partial charge in [-0.3, -0.25) is 10.2 Å². The zero-order valence-corrected chi connectivity index (χ0v) is 8.94. The molecule has 0 unspecified atom stereocenters. The molecule has 0 atom stereocenters. The highest BCUT2D eigenvalue weighted by molar-refractivity contribution is 6.47. The van der Waals surface area contributed by atoms with E-state index in [-0.39, 0.29) is 17.4 Å². The summed E-state index contributed by atoms with van der Waals surface area (Å²) in [4.78, 5) is 11.5. The Kier molecular flexibility index (Phi) is 4.22. The van der Waals surface area contributed by atoms with Crippen molar-refractivity contribution in [2.75, 3.05) is 0 Å². The molecule has 0 saturated heterocycles. The molecule has 1 N–H and O–H groups in total. The summed E-state index contributed by atoms with van der Waals surface area (Å²) in [5, 5.41) is 12.5. The van der Waals surface area contributed by atoms with Crippen molar-refractivity contribution in [2.45, 2.75) is 12.8 Å².